The molecule has 0 spiro atoms. The van der Waals surface area contributed by atoms with Gasteiger partial charge in [-0.25, -0.2) is 0 Å². The van der Waals surface area contributed by atoms with Crippen LogP contribution in [0.4, 0.5) is 0 Å². The molecule has 0 fully saturated rings. The predicted molar refractivity (Wildman–Crippen MR) is 77.7 cm³/mol. The summed E-state index contributed by atoms with van der Waals surface area (Å²) < 4.78 is 41.4. The molecule has 0 aliphatic carbocycles. The van der Waals surface area contributed by atoms with Crippen LogP contribution in [0.5, 0.6) is 0 Å². The first-order chi connectivity index (χ1) is 8.41. The summed E-state index contributed by atoms with van der Waals surface area (Å²) in [5.74, 6) is 1.52. The normalized spacial score (nSPS) is 16.4. The zero-order chi connectivity index (χ0) is 14.0. The van der Waals surface area contributed by atoms with E-state index in [1.54, 1.807) is 21.6 Å². The third-order valence-electron chi connectivity index (χ3n) is 1.93. The van der Waals surface area contributed by atoms with Crippen LogP contribution in [0.2, 0.25) is 0 Å². The Morgan fingerprint density at radius 3 is 1.40 bits per heavy atom. The Morgan fingerprint density at radius 2 is 1.15 bits per heavy atom. The fourth-order valence-corrected chi connectivity index (χ4v) is 4.38. The average Bonchev–Trinajstić information content (AvgIpc) is 2.20. The van der Waals surface area contributed by atoms with E-state index < -0.39 is 22.2 Å². The van der Waals surface area contributed by atoms with Crippen LogP contribution < -0.4 is 70.6 Å². The molecule has 0 aromatic rings. The molecule has 0 bridgehead atoms. The van der Waals surface area contributed by atoms with Gasteiger partial charge in [-0.2, -0.15) is 0 Å². The van der Waals surface area contributed by atoms with Gasteiger partial charge in [-0.3, -0.25) is 8.42 Å². The monoisotopic (exact) mass is 380 g/mol. The van der Waals surface area contributed by atoms with E-state index >= 15 is 0 Å². The summed E-state index contributed by atoms with van der Waals surface area (Å²) in [4.78, 5) is 0. The van der Waals surface area contributed by atoms with Crippen molar-refractivity contribution >= 4 is 43.7 Å². The van der Waals surface area contributed by atoms with E-state index in [1.165, 1.54) is 0 Å². The number of rotatable bonds is 11. The van der Waals surface area contributed by atoms with E-state index in [4.69, 9.17) is 11.5 Å². The van der Waals surface area contributed by atoms with Crippen LogP contribution in [-0.4, -0.2) is 52.6 Å². The van der Waals surface area contributed by atoms with Crippen molar-refractivity contribution in [2.24, 2.45) is 11.5 Å². The molecular formula is C8H18N2Na2O4S4. The second kappa shape index (κ2) is 18.2. The van der Waals surface area contributed by atoms with Gasteiger partial charge in [-0.05, 0) is 12.8 Å². The third kappa shape index (κ3) is 20.8. The predicted octanol–water partition coefficient (Wildman–Crippen LogP) is -6.43. The van der Waals surface area contributed by atoms with Crippen molar-refractivity contribution in [3.63, 3.8) is 0 Å². The third-order valence-corrected chi connectivity index (χ3v) is 5.80. The maximum absolute atomic E-state index is 10.4. The van der Waals surface area contributed by atoms with Gasteiger partial charge in [0.2, 0.25) is 0 Å². The van der Waals surface area contributed by atoms with Crippen molar-refractivity contribution < 1.29 is 76.6 Å². The smallest absolute Gasteiger partial charge is 0.772 e. The molecule has 12 heteroatoms. The van der Waals surface area contributed by atoms with Crippen LogP contribution in [0.15, 0.2) is 0 Å². The van der Waals surface area contributed by atoms with E-state index in [1.807, 2.05) is 0 Å². The fraction of sp³-hybridized carbons (Fsp3) is 1.00. The van der Waals surface area contributed by atoms with E-state index in [2.05, 4.69) is 0 Å². The van der Waals surface area contributed by atoms with Crippen LogP contribution in [-0.2, 0) is 22.2 Å². The summed E-state index contributed by atoms with van der Waals surface area (Å²) in [6.45, 7) is 0. The number of hydrogen-bond acceptors (Lipinski definition) is 8. The molecule has 0 amide bonds. The molecule has 0 aliphatic rings. The average molecular weight is 380 g/mol. The zero-order valence-electron chi connectivity index (χ0n) is 11.8. The van der Waals surface area contributed by atoms with E-state index in [9.17, 15) is 17.5 Å². The van der Waals surface area contributed by atoms with Gasteiger partial charge in [-0.1, -0.05) is 43.7 Å². The Kier molecular flexibility index (Phi) is 25.2. The largest absolute Gasteiger partial charge is 1.00 e. The zero-order valence-corrected chi connectivity index (χ0v) is 19.1. The van der Waals surface area contributed by atoms with Crippen molar-refractivity contribution in [2.75, 3.05) is 23.0 Å². The number of hydrogen-bond donors (Lipinski definition) is 2. The van der Waals surface area contributed by atoms with Crippen molar-refractivity contribution in [1.29, 1.82) is 0 Å². The van der Waals surface area contributed by atoms with E-state index in [-0.39, 0.29) is 82.7 Å². The molecule has 110 valence electrons. The molecule has 6 nitrogen and oxygen atoms in total. The molecule has 0 saturated heterocycles. The minimum atomic E-state index is -2.08. The van der Waals surface area contributed by atoms with Crippen LogP contribution in [0.1, 0.15) is 12.8 Å². The SMILES string of the molecule is N[C@H](CCSSCC[C@@H](N)CS(=O)[O-])CS(=O)[O-].[Na+].[Na+]. The molecule has 0 saturated carbocycles. The maximum atomic E-state index is 10.4. The van der Waals surface area contributed by atoms with E-state index in [0.717, 1.165) is 11.5 Å². The second-order valence-electron chi connectivity index (χ2n) is 3.68. The van der Waals surface area contributed by atoms with Crippen LogP contribution >= 0.6 is 21.6 Å². The van der Waals surface area contributed by atoms with Gasteiger partial charge < -0.3 is 20.6 Å². The Balaban J connectivity index is -0.00000144. The molecule has 20 heavy (non-hydrogen) atoms. The molecule has 0 aromatic carbocycles. The molecule has 0 radical (unpaired) electrons. The van der Waals surface area contributed by atoms with Gasteiger partial charge >= 0.3 is 59.1 Å². The molecule has 4 N–H and O–H groups in total. The first-order valence-electron chi connectivity index (χ1n) is 5.29. The van der Waals surface area contributed by atoms with Gasteiger partial charge in [-0.15, -0.1) is 0 Å². The topological polar surface area (TPSA) is 132 Å². The van der Waals surface area contributed by atoms with Crippen molar-refractivity contribution in [3.8, 4) is 0 Å². The molecule has 0 aromatic heterocycles. The molecule has 4 atom stereocenters. The van der Waals surface area contributed by atoms with Crippen LogP contribution in [0.25, 0.3) is 0 Å². The Hall–Kier alpha value is 2.84. The minimum Gasteiger partial charge on any atom is -0.772 e. The molecular weight excluding hydrogens is 362 g/mol. The fourth-order valence-electron chi connectivity index (χ4n) is 1.03. The van der Waals surface area contributed by atoms with Gasteiger partial charge in [0.05, 0.1) is 0 Å². The van der Waals surface area contributed by atoms with Gasteiger partial charge in [0.15, 0.2) is 0 Å². The number of nitrogens with two attached hydrogens (primary N) is 2. The quantitative estimate of drug-likeness (QED) is 0.157. The van der Waals surface area contributed by atoms with Gasteiger partial charge in [0, 0.05) is 35.1 Å². The Morgan fingerprint density at radius 1 is 0.850 bits per heavy atom. The summed E-state index contributed by atoms with van der Waals surface area (Å²) in [7, 11) is 3.19. The second-order valence-corrected chi connectivity index (χ2v) is 8.27. The summed E-state index contributed by atoms with van der Waals surface area (Å²) >= 11 is -4.16. The molecule has 0 heterocycles. The van der Waals surface area contributed by atoms with Crippen molar-refractivity contribution in [1.82, 2.24) is 0 Å². The molecule has 0 aliphatic heterocycles. The molecule has 0 rings (SSSR count). The van der Waals surface area contributed by atoms with Crippen molar-refractivity contribution in [3.05, 3.63) is 0 Å². The summed E-state index contributed by atoms with van der Waals surface area (Å²) in [6.07, 6.45) is 1.28. The Labute approximate surface area is 177 Å². The minimum absolute atomic E-state index is 0. The summed E-state index contributed by atoms with van der Waals surface area (Å²) in [5.41, 5.74) is 11.2. The standard InChI is InChI=1S/C8H20N2O4S4.2Na/c9-7(5-17(11)12)1-3-15-16-4-2-8(10)6-18(13)14;;/h7-8H,1-6,9-10H2,(H,11,12)(H,13,14);;/q;2*+1/p-2/t7-,8-;;/m1../s1. The van der Waals surface area contributed by atoms with Crippen LogP contribution in [0.3, 0.4) is 0 Å². The van der Waals surface area contributed by atoms with Gasteiger partial charge in [0.1, 0.15) is 0 Å². The summed E-state index contributed by atoms with van der Waals surface area (Å²) in [5, 5.41) is 0. The van der Waals surface area contributed by atoms with E-state index in [0.29, 0.717) is 12.8 Å². The first-order valence-corrected chi connectivity index (χ1v) is 10.3. The van der Waals surface area contributed by atoms with Gasteiger partial charge in [0.25, 0.3) is 0 Å². The first kappa shape index (κ1) is 27.7. The van der Waals surface area contributed by atoms with Crippen LogP contribution in [0, 0.1) is 0 Å². The maximum Gasteiger partial charge on any atom is 1.00 e. The molecule has 2 unspecified atom stereocenters. The Bertz CT molecular complexity index is 253. The summed E-state index contributed by atoms with van der Waals surface area (Å²) in [6, 6.07) is -0.636. The van der Waals surface area contributed by atoms with Crippen molar-refractivity contribution in [2.45, 2.75) is 24.9 Å².